The second-order valence-corrected chi connectivity index (χ2v) is 5.75. The Morgan fingerprint density at radius 1 is 1.27 bits per heavy atom. The van der Waals surface area contributed by atoms with Gasteiger partial charge in [-0.15, -0.1) is 0 Å². The molecule has 3 rings (SSSR count). The maximum atomic E-state index is 12.0. The van der Waals surface area contributed by atoms with Crippen molar-refractivity contribution < 1.29 is 9.53 Å². The molecule has 1 aromatic heterocycles. The molecule has 2 aromatic rings. The molecule has 1 fully saturated rings. The molecule has 0 atom stereocenters. The van der Waals surface area contributed by atoms with Crippen molar-refractivity contribution in [2.75, 3.05) is 11.9 Å². The van der Waals surface area contributed by atoms with Gasteiger partial charge >= 0.3 is 0 Å². The van der Waals surface area contributed by atoms with Crippen LogP contribution >= 0.6 is 0 Å². The second-order valence-electron chi connectivity index (χ2n) is 5.75. The van der Waals surface area contributed by atoms with Gasteiger partial charge in [0, 0.05) is 6.07 Å². The van der Waals surface area contributed by atoms with Crippen LogP contribution in [0.15, 0.2) is 36.5 Å². The standard InChI is InChI=1S/C17H21N3O2/c1-13-6-8-15(9-7-13)22-12-17(21)19-16-10-11-18-20(16)14-4-2-3-5-14/h6-11,14H,2-5,12H2,1H3,(H,19,21). The summed E-state index contributed by atoms with van der Waals surface area (Å²) in [6, 6.07) is 9.90. The number of amides is 1. The van der Waals surface area contributed by atoms with E-state index in [0.717, 1.165) is 24.2 Å². The number of benzene rings is 1. The topological polar surface area (TPSA) is 56.1 Å². The SMILES string of the molecule is Cc1ccc(OCC(=O)Nc2ccnn2C2CCCC2)cc1. The van der Waals surface area contributed by atoms with Gasteiger partial charge in [0.05, 0.1) is 12.2 Å². The van der Waals surface area contributed by atoms with Gasteiger partial charge in [-0.1, -0.05) is 30.5 Å². The maximum absolute atomic E-state index is 12.0. The van der Waals surface area contributed by atoms with Crippen LogP contribution in [0, 0.1) is 6.92 Å². The zero-order valence-corrected chi connectivity index (χ0v) is 12.8. The van der Waals surface area contributed by atoms with Crippen LogP contribution in [-0.2, 0) is 4.79 Å². The van der Waals surface area contributed by atoms with Crippen molar-refractivity contribution in [2.45, 2.75) is 38.6 Å². The molecule has 0 bridgehead atoms. The third-order valence-electron chi connectivity index (χ3n) is 4.00. The minimum atomic E-state index is -0.166. The number of aromatic nitrogens is 2. The average molecular weight is 299 g/mol. The molecular weight excluding hydrogens is 278 g/mol. The molecule has 0 aliphatic heterocycles. The maximum Gasteiger partial charge on any atom is 0.263 e. The number of nitrogens with zero attached hydrogens (tertiary/aromatic N) is 2. The summed E-state index contributed by atoms with van der Waals surface area (Å²) in [7, 11) is 0. The highest BCUT2D eigenvalue weighted by Crippen LogP contribution is 2.31. The molecule has 0 saturated heterocycles. The number of carbonyl (C=O) groups is 1. The molecule has 116 valence electrons. The molecule has 5 nitrogen and oxygen atoms in total. The Bertz CT molecular complexity index is 628. The molecule has 0 unspecified atom stereocenters. The first-order chi connectivity index (χ1) is 10.7. The van der Waals surface area contributed by atoms with Gasteiger partial charge in [0.2, 0.25) is 0 Å². The molecule has 1 aliphatic carbocycles. The molecule has 22 heavy (non-hydrogen) atoms. The van der Waals surface area contributed by atoms with Gasteiger partial charge in [0.1, 0.15) is 11.6 Å². The predicted molar refractivity (Wildman–Crippen MR) is 85.0 cm³/mol. The van der Waals surface area contributed by atoms with Crippen LogP contribution in [0.5, 0.6) is 5.75 Å². The monoisotopic (exact) mass is 299 g/mol. The van der Waals surface area contributed by atoms with Crippen molar-refractivity contribution in [2.24, 2.45) is 0 Å². The van der Waals surface area contributed by atoms with Crippen molar-refractivity contribution >= 4 is 11.7 Å². The zero-order valence-electron chi connectivity index (χ0n) is 12.8. The first kappa shape index (κ1) is 14.6. The number of hydrogen-bond donors (Lipinski definition) is 1. The summed E-state index contributed by atoms with van der Waals surface area (Å²) >= 11 is 0. The van der Waals surface area contributed by atoms with E-state index >= 15 is 0 Å². The van der Waals surface area contributed by atoms with Crippen LogP contribution in [0.2, 0.25) is 0 Å². The molecule has 1 heterocycles. The van der Waals surface area contributed by atoms with E-state index in [-0.39, 0.29) is 12.5 Å². The lowest BCUT2D eigenvalue weighted by molar-refractivity contribution is -0.118. The lowest BCUT2D eigenvalue weighted by Crippen LogP contribution is -2.23. The molecule has 1 amide bonds. The smallest absolute Gasteiger partial charge is 0.263 e. The van der Waals surface area contributed by atoms with E-state index in [4.69, 9.17) is 4.74 Å². The Hall–Kier alpha value is -2.30. The number of nitrogens with one attached hydrogen (secondary N) is 1. The normalized spacial score (nSPS) is 15.0. The average Bonchev–Trinajstić information content (AvgIpc) is 3.17. The lowest BCUT2D eigenvalue weighted by Gasteiger charge is -2.14. The molecule has 1 saturated carbocycles. The fourth-order valence-electron chi connectivity index (χ4n) is 2.82. The van der Waals surface area contributed by atoms with E-state index < -0.39 is 0 Å². The minimum Gasteiger partial charge on any atom is -0.484 e. The highest BCUT2D eigenvalue weighted by atomic mass is 16.5. The van der Waals surface area contributed by atoms with Crippen LogP contribution in [0.3, 0.4) is 0 Å². The first-order valence-corrected chi connectivity index (χ1v) is 7.75. The quantitative estimate of drug-likeness (QED) is 0.921. The summed E-state index contributed by atoms with van der Waals surface area (Å²) in [4.78, 5) is 12.0. The summed E-state index contributed by atoms with van der Waals surface area (Å²) in [6.07, 6.45) is 6.45. The Morgan fingerprint density at radius 3 is 2.73 bits per heavy atom. The number of ether oxygens (including phenoxy) is 1. The molecule has 1 N–H and O–H groups in total. The van der Waals surface area contributed by atoms with Gasteiger partial charge in [0.25, 0.3) is 5.91 Å². The van der Waals surface area contributed by atoms with E-state index in [0.29, 0.717) is 11.8 Å². The highest BCUT2D eigenvalue weighted by molar-refractivity contribution is 5.91. The summed E-state index contributed by atoms with van der Waals surface area (Å²) in [6.45, 7) is 2.01. The Labute approximate surface area is 130 Å². The molecule has 1 aromatic carbocycles. The fourth-order valence-corrected chi connectivity index (χ4v) is 2.82. The van der Waals surface area contributed by atoms with Gasteiger partial charge in [-0.3, -0.25) is 4.79 Å². The summed E-state index contributed by atoms with van der Waals surface area (Å²) in [5, 5.41) is 7.23. The first-order valence-electron chi connectivity index (χ1n) is 7.75. The third-order valence-corrected chi connectivity index (χ3v) is 4.00. The number of aryl methyl sites for hydroxylation is 1. The largest absolute Gasteiger partial charge is 0.484 e. The molecular formula is C17H21N3O2. The van der Waals surface area contributed by atoms with Crippen molar-refractivity contribution in [1.29, 1.82) is 0 Å². The lowest BCUT2D eigenvalue weighted by atomic mass is 10.2. The van der Waals surface area contributed by atoms with Gasteiger partial charge in [0.15, 0.2) is 6.61 Å². The van der Waals surface area contributed by atoms with Crippen LogP contribution in [0.4, 0.5) is 5.82 Å². The van der Waals surface area contributed by atoms with Gasteiger partial charge < -0.3 is 10.1 Å². The summed E-state index contributed by atoms with van der Waals surface area (Å²) in [5.41, 5.74) is 1.16. The van der Waals surface area contributed by atoms with E-state index in [9.17, 15) is 4.79 Å². The fraction of sp³-hybridized carbons (Fsp3) is 0.412. The van der Waals surface area contributed by atoms with Gasteiger partial charge in [-0.05, 0) is 31.9 Å². The van der Waals surface area contributed by atoms with E-state index in [1.54, 1.807) is 6.20 Å². The predicted octanol–water partition coefficient (Wildman–Crippen LogP) is 3.32. The summed E-state index contributed by atoms with van der Waals surface area (Å²) < 4.78 is 7.42. The molecule has 1 aliphatic rings. The zero-order chi connectivity index (χ0) is 15.4. The number of hydrogen-bond acceptors (Lipinski definition) is 3. The number of rotatable bonds is 5. The second kappa shape index (κ2) is 6.64. The number of anilines is 1. The van der Waals surface area contributed by atoms with E-state index in [1.165, 1.54) is 12.8 Å². The third kappa shape index (κ3) is 3.47. The Balaban J connectivity index is 1.55. The molecule has 5 heteroatoms. The Kier molecular flexibility index (Phi) is 4.42. The summed E-state index contributed by atoms with van der Waals surface area (Å²) in [5.74, 6) is 1.29. The van der Waals surface area contributed by atoms with Gasteiger partial charge in [-0.2, -0.15) is 5.10 Å². The van der Waals surface area contributed by atoms with Crippen molar-refractivity contribution in [3.63, 3.8) is 0 Å². The molecule has 0 radical (unpaired) electrons. The number of carbonyl (C=O) groups excluding carboxylic acids is 1. The minimum absolute atomic E-state index is 0.00108. The van der Waals surface area contributed by atoms with Crippen LogP contribution in [0.25, 0.3) is 0 Å². The highest BCUT2D eigenvalue weighted by Gasteiger charge is 2.20. The Morgan fingerprint density at radius 2 is 2.00 bits per heavy atom. The van der Waals surface area contributed by atoms with Crippen LogP contribution in [0.1, 0.15) is 37.3 Å². The van der Waals surface area contributed by atoms with Crippen LogP contribution < -0.4 is 10.1 Å². The van der Waals surface area contributed by atoms with Gasteiger partial charge in [-0.25, -0.2) is 4.68 Å². The van der Waals surface area contributed by atoms with Crippen molar-refractivity contribution in [3.05, 3.63) is 42.1 Å². The van der Waals surface area contributed by atoms with Crippen molar-refractivity contribution in [1.82, 2.24) is 9.78 Å². The van der Waals surface area contributed by atoms with E-state index in [1.807, 2.05) is 41.9 Å². The molecule has 0 spiro atoms. The van der Waals surface area contributed by atoms with Crippen molar-refractivity contribution in [3.8, 4) is 5.75 Å². The van der Waals surface area contributed by atoms with Crippen LogP contribution in [-0.4, -0.2) is 22.3 Å². The van der Waals surface area contributed by atoms with E-state index in [2.05, 4.69) is 10.4 Å².